The second kappa shape index (κ2) is 5.28. The summed E-state index contributed by atoms with van der Waals surface area (Å²) in [5.41, 5.74) is -5.52. The van der Waals surface area contributed by atoms with E-state index >= 15 is 0 Å². The lowest BCUT2D eigenvalue weighted by molar-refractivity contribution is -0.0499. The minimum absolute atomic E-state index is 0.184. The minimum atomic E-state index is -5.79. The average molecular weight is 361 g/mol. The largest absolute Gasteiger partial charge is 0.534 e. The summed E-state index contributed by atoms with van der Waals surface area (Å²) in [6, 6.07) is 12.5. The number of rotatable bonds is 2. The van der Waals surface area contributed by atoms with Gasteiger partial charge in [0.05, 0.1) is 5.02 Å². The molecule has 0 aliphatic rings. The van der Waals surface area contributed by atoms with Gasteiger partial charge in [-0.1, -0.05) is 60.1 Å². The zero-order valence-corrected chi connectivity index (χ0v) is 12.8. The molecule has 23 heavy (non-hydrogen) atoms. The first-order valence-electron chi connectivity index (χ1n) is 6.32. The van der Waals surface area contributed by atoms with E-state index in [9.17, 15) is 21.6 Å². The van der Waals surface area contributed by atoms with Crippen LogP contribution >= 0.6 is 11.6 Å². The van der Waals surface area contributed by atoms with Gasteiger partial charge in [-0.2, -0.15) is 21.6 Å². The average Bonchev–Trinajstić information content (AvgIpc) is 2.50. The summed E-state index contributed by atoms with van der Waals surface area (Å²) in [7, 11) is -5.79. The van der Waals surface area contributed by atoms with Crippen molar-refractivity contribution >= 4 is 43.3 Å². The first-order chi connectivity index (χ1) is 10.7. The van der Waals surface area contributed by atoms with Crippen LogP contribution in [0.2, 0.25) is 5.02 Å². The molecule has 3 rings (SSSR count). The zero-order valence-electron chi connectivity index (χ0n) is 11.3. The number of fused-ring (bicyclic) bond motifs is 2. The van der Waals surface area contributed by atoms with Crippen molar-refractivity contribution in [3.05, 3.63) is 53.6 Å². The molecule has 0 N–H and O–H groups in total. The number of halogens is 4. The van der Waals surface area contributed by atoms with Crippen molar-refractivity contribution in [1.29, 1.82) is 0 Å². The molecule has 120 valence electrons. The fourth-order valence-corrected chi connectivity index (χ4v) is 3.10. The molecular weight excluding hydrogens is 353 g/mol. The molecule has 0 unspecified atom stereocenters. The molecule has 0 heterocycles. The predicted octanol–water partition coefficient (Wildman–Crippen LogP) is 4.87. The van der Waals surface area contributed by atoms with Gasteiger partial charge in [-0.05, 0) is 0 Å². The SMILES string of the molecule is O=S(=O)(Oc1c2ccccc2c(Cl)c2ccccc12)C(F)(F)F. The maximum atomic E-state index is 12.7. The second-order valence-electron chi connectivity index (χ2n) is 4.72. The van der Waals surface area contributed by atoms with Gasteiger partial charge in [0.25, 0.3) is 0 Å². The Balaban J connectivity index is 2.40. The highest BCUT2D eigenvalue weighted by molar-refractivity contribution is 7.88. The van der Waals surface area contributed by atoms with E-state index in [-0.39, 0.29) is 10.8 Å². The van der Waals surface area contributed by atoms with Crippen LogP contribution in [0.25, 0.3) is 21.5 Å². The number of benzene rings is 3. The molecule has 0 spiro atoms. The summed E-state index contributed by atoms with van der Waals surface area (Å²) in [4.78, 5) is 0. The van der Waals surface area contributed by atoms with Crippen LogP contribution in [0.15, 0.2) is 48.5 Å². The lowest BCUT2D eigenvalue weighted by Gasteiger charge is -2.15. The molecular formula is C15H8ClF3O3S. The van der Waals surface area contributed by atoms with E-state index in [0.717, 1.165) is 0 Å². The van der Waals surface area contributed by atoms with Crippen LogP contribution in [-0.2, 0) is 10.1 Å². The Hall–Kier alpha value is -1.99. The van der Waals surface area contributed by atoms with Gasteiger partial charge in [0, 0.05) is 21.5 Å². The highest BCUT2D eigenvalue weighted by atomic mass is 35.5. The van der Waals surface area contributed by atoms with Gasteiger partial charge in [0.1, 0.15) is 0 Å². The fraction of sp³-hybridized carbons (Fsp3) is 0.0667. The molecule has 3 aromatic rings. The Labute approximate surface area is 134 Å². The number of hydrogen-bond acceptors (Lipinski definition) is 3. The van der Waals surface area contributed by atoms with Gasteiger partial charge in [-0.15, -0.1) is 0 Å². The molecule has 0 aliphatic carbocycles. The van der Waals surface area contributed by atoms with Gasteiger partial charge in [0.2, 0.25) is 0 Å². The third-order valence-electron chi connectivity index (χ3n) is 3.29. The summed E-state index contributed by atoms with van der Waals surface area (Å²) in [5, 5.41) is 1.49. The Kier molecular flexibility index (Phi) is 3.65. The van der Waals surface area contributed by atoms with E-state index < -0.39 is 21.4 Å². The van der Waals surface area contributed by atoms with Gasteiger partial charge < -0.3 is 4.18 Å². The highest BCUT2D eigenvalue weighted by Gasteiger charge is 2.49. The molecule has 0 atom stereocenters. The van der Waals surface area contributed by atoms with E-state index in [0.29, 0.717) is 15.8 Å². The third kappa shape index (κ3) is 2.60. The van der Waals surface area contributed by atoms with Crippen molar-refractivity contribution in [3.63, 3.8) is 0 Å². The van der Waals surface area contributed by atoms with Crippen molar-refractivity contribution in [2.45, 2.75) is 5.51 Å². The van der Waals surface area contributed by atoms with Crippen LogP contribution in [-0.4, -0.2) is 13.9 Å². The second-order valence-corrected chi connectivity index (χ2v) is 6.63. The van der Waals surface area contributed by atoms with Gasteiger partial charge >= 0.3 is 15.6 Å². The minimum Gasteiger partial charge on any atom is -0.375 e. The van der Waals surface area contributed by atoms with Crippen molar-refractivity contribution < 1.29 is 25.8 Å². The van der Waals surface area contributed by atoms with Crippen molar-refractivity contribution in [2.75, 3.05) is 0 Å². The smallest absolute Gasteiger partial charge is 0.375 e. The van der Waals surface area contributed by atoms with Crippen LogP contribution < -0.4 is 4.18 Å². The molecule has 3 aromatic carbocycles. The molecule has 0 saturated carbocycles. The van der Waals surface area contributed by atoms with E-state index in [4.69, 9.17) is 11.6 Å². The topological polar surface area (TPSA) is 43.4 Å². The quantitative estimate of drug-likeness (QED) is 0.372. The first kappa shape index (κ1) is 15.9. The molecule has 8 heteroatoms. The van der Waals surface area contributed by atoms with E-state index in [1.807, 2.05) is 0 Å². The van der Waals surface area contributed by atoms with Crippen LogP contribution in [0.1, 0.15) is 0 Å². The van der Waals surface area contributed by atoms with Crippen LogP contribution in [0.4, 0.5) is 13.2 Å². The Morgan fingerprint density at radius 2 is 1.22 bits per heavy atom. The molecule has 0 fully saturated rings. The monoisotopic (exact) mass is 360 g/mol. The number of alkyl halides is 3. The Morgan fingerprint density at radius 1 is 0.826 bits per heavy atom. The maximum absolute atomic E-state index is 12.7. The van der Waals surface area contributed by atoms with E-state index in [1.54, 1.807) is 36.4 Å². The fourth-order valence-electron chi connectivity index (χ4n) is 2.28. The van der Waals surface area contributed by atoms with Crippen LogP contribution in [0.5, 0.6) is 5.75 Å². The lowest BCUT2D eigenvalue weighted by atomic mass is 10.0. The first-order valence-corrected chi connectivity index (χ1v) is 8.11. The Bertz CT molecular complexity index is 957. The summed E-state index contributed by atoms with van der Waals surface area (Å²) < 4.78 is 65.2. The lowest BCUT2D eigenvalue weighted by Crippen LogP contribution is -2.28. The number of hydrogen-bond donors (Lipinski definition) is 0. The molecule has 0 aromatic heterocycles. The molecule has 0 amide bonds. The summed E-state index contributed by atoms with van der Waals surface area (Å²) in [6.07, 6.45) is 0. The van der Waals surface area contributed by atoms with Crippen LogP contribution in [0, 0.1) is 0 Å². The van der Waals surface area contributed by atoms with E-state index in [1.165, 1.54) is 12.1 Å². The van der Waals surface area contributed by atoms with Crippen molar-refractivity contribution in [1.82, 2.24) is 0 Å². The molecule has 0 aliphatic heterocycles. The molecule has 0 radical (unpaired) electrons. The normalized spacial score (nSPS) is 12.7. The predicted molar refractivity (Wildman–Crippen MR) is 82.1 cm³/mol. The standard InChI is InChI=1S/C15H8ClF3O3S/c16-13-9-5-1-3-7-11(9)14(12-8-4-2-6-10(12)13)22-23(20,21)15(17,18)19/h1-8H. The third-order valence-corrected chi connectivity index (χ3v) is 4.65. The molecule has 0 bridgehead atoms. The molecule has 0 saturated heterocycles. The van der Waals surface area contributed by atoms with Crippen molar-refractivity contribution in [3.8, 4) is 5.75 Å². The summed E-state index contributed by atoms with van der Waals surface area (Å²) in [5.74, 6) is -0.391. The van der Waals surface area contributed by atoms with Gasteiger partial charge in [-0.3, -0.25) is 0 Å². The summed E-state index contributed by atoms with van der Waals surface area (Å²) >= 11 is 6.28. The zero-order chi connectivity index (χ0) is 16.8. The van der Waals surface area contributed by atoms with E-state index in [2.05, 4.69) is 4.18 Å². The van der Waals surface area contributed by atoms with Gasteiger partial charge in [0.15, 0.2) is 5.75 Å². The molecule has 3 nitrogen and oxygen atoms in total. The Morgan fingerprint density at radius 3 is 1.61 bits per heavy atom. The summed E-state index contributed by atoms with van der Waals surface area (Å²) in [6.45, 7) is 0. The van der Waals surface area contributed by atoms with Crippen molar-refractivity contribution in [2.24, 2.45) is 0 Å². The van der Waals surface area contributed by atoms with Crippen LogP contribution in [0.3, 0.4) is 0 Å². The highest BCUT2D eigenvalue weighted by Crippen LogP contribution is 2.42. The van der Waals surface area contributed by atoms with Gasteiger partial charge in [-0.25, -0.2) is 0 Å². The maximum Gasteiger partial charge on any atom is 0.534 e.